The number of hydrogen-bond donors (Lipinski definition) is 0. The monoisotopic (exact) mass is 1110 g/mol. The van der Waals surface area contributed by atoms with E-state index in [1.165, 1.54) is 0 Å². The summed E-state index contributed by atoms with van der Waals surface area (Å²) in [5.74, 6) is -0.558. The minimum Gasteiger partial charge on any atom is -0.299 e. The first-order valence-corrected chi connectivity index (χ1v) is 24.3. The Morgan fingerprint density at radius 2 is 0.667 bits per heavy atom. The molecule has 9 aromatic carbocycles. The number of carbonyl (C=O) groups excluding carboxylic acids is 4. The third kappa shape index (κ3) is 9.29. The van der Waals surface area contributed by atoms with Gasteiger partial charge >= 0.3 is 0 Å². The van der Waals surface area contributed by atoms with Crippen molar-refractivity contribution in [2.24, 2.45) is 0 Å². The maximum absolute atomic E-state index is 14.1. The standard InChI is InChI=1S/C29H16Br2O.C15H14O.C14H6Br2O2/c30-19-11-13-21-22-14-12-20(31)16-24(22)28-26(18-9-5-2-6-10-18)29(32)25(27(28)23(21)15-19)17-7-3-1-4-8-17;16-15(11-13-7-3-1-4-8-13)12-14-9-5-2-6-10-14;15-7-1-3-9-10-4-2-8(16)6-12(10)14(18)13(17)11(9)5-7/h1-16H;1-10H,11-12H2;1-6H. The molecule has 2 aliphatic carbocycles. The molecule has 0 N–H and O–H groups in total. The Morgan fingerprint density at radius 3 is 1.05 bits per heavy atom. The molecule has 0 aromatic heterocycles. The number of ketones is 4. The van der Waals surface area contributed by atoms with Crippen molar-refractivity contribution in [1.82, 2.24) is 0 Å². The van der Waals surface area contributed by atoms with Crippen molar-refractivity contribution < 1.29 is 19.2 Å². The van der Waals surface area contributed by atoms with Crippen LogP contribution in [0.25, 0.3) is 43.8 Å². The molecule has 0 amide bonds. The number of halogens is 4. The van der Waals surface area contributed by atoms with Crippen molar-refractivity contribution >= 4 is 120 Å². The fourth-order valence-corrected chi connectivity index (χ4v) is 10.1. The van der Waals surface area contributed by atoms with Crippen LogP contribution in [0.4, 0.5) is 0 Å². The minimum absolute atomic E-state index is 0.0751. The van der Waals surface area contributed by atoms with Gasteiger partial charge in [-0.05, 0) is 103 Å². The number of hydrogen-bond acceptors (Lipinski definition) is 4. The quantitative estimate of drug-likeness (QED) is 0.123. The first-order valence-electron chi connectivity index (χ1n) is 21.1. The van der Waals surface area contributed by atoms with E-state index in [9.17, 15) is 19.2 Å². The molecule has 0 radical (unpaired) electrons. The topological polar surface area (TPSA) is 68.3 Å². The lowest BCUT2D eigenvalue weighted by Gasteiger charge is -2.18. The summed E-state index contributed by atoms with van der Waals surface area (Å²) < 4.78 is 3.58. The van der Waals surface area contributed by atoms with Crippen LogP contribution in [0.1, 0.15) is 43.0 Å². The van der Waals surface area contributed by atoms with Crippen LogP contribution in [0, 0.1) is 0 Å². The first-order chi connectivity index (χ1) is 32.0. The second kappa shape index (κ2) is 19.7. The Bertz CT molecular complexity index is 3290. The summed E-state index contributed by atoms with van der Waals surface area (Å²) in [7, 11) is 0. The van der Waals surface area contributed by atoms with E-state index in [1.807, 2.05) is 146 Å². The number of carbonyl (C=O) groups is 4. The van der Waals surface area contributed by atoms with Crippen LogP contribution in [0.5, 0.6) is 0 Å². The SMILES string of the molecule is O=C(Cc1ccccc1)Cc1ccccc1.O=C1C(=O)c2cc(Br)ccc2-c2ccc(Br)cc21.O=C1C(c2ccccc2)=c2c(c3cc(Br)ccc3c3ccc(Br)cc23)=C1c1ccccc1. The minimum atomic E-state index is -0.447. The van der Waals surface area contributed by atoms with Gasteiger partial charge in [0.1, 0.15) is 5.78 Å². The Balaban J connectivity index is 0.000000137. The largest absolute Gasteiger partial charge is 0.299 e. The molecule has 320 valence electrons. The van der Waals surface area contributed by atoms with Crippen molar-refractivity contribution in [2.45, 2.75) is 12.8 Å². The average Bonchev–Trinajstić information content (AvgIpc) is 3.65. The van der Waals surface area contributed by atoms with Crippen LogP contribution in [0.15, 0.2) is 212 Å². The molecule has 4 nitrogen and oxygen atoms in total. The van der Waals surface area contributed by atoms with Gasteiger partial charge in [-0.2, -0.15) is 0 Å². The summed E-state index contributed by atoms with van der Waals surface area (Å²) in [6, 6.07) is 63.3. The van der Waals surface area contributed by atoms with Gasteiger partial charge in [-0.1, -0.05) is 209 Å². The van der Waals surface area contributed by atoms with Gasteiger partial charge in [-0.25, -0.2) is 0 Å². The molecule has 66 heavy (non-hydrogen) atoms. The smallest absolute Gasteiger partial charge is 0.234 e. The fraction of sp³-hybridized carbons (Fsp3) is 0.0345. The Kier molecular flexibility index (Phi) is 13.5. The van der Waals surface area contributed by atoms with Gasteiger partial charge in [-0.3, -0.25) is 19.2 Å². The molecule has 9 aromatic rings. The summed E-state index contributed by atoms with van der Waals surface area (Å²) >= 11 is 14.0. The van der Waals surface area contributed by atoms with E-state index in [4.69, 9.17) is 0 Å². The molecular weight excluding hydrogens is 1080 g/mol. The van der Waals surface area contributed by atoms with Gasteiger partial charge in [0.05, 0.1) is 0 Å². The Hall–Kier alpha value is -6.16. The molecule has 0 saturated heterocycles. The third-order valence-corrected chi connectivity index (χ3v) is 13.5. The van der Waals surface area contributed by atoms with Crippen LogP contribution >= 0.6 is 63.7 Å². The van der Waals surface area contributed by atoms with Gasteiger partial charge in [0.25, 0.3) is 0 Å². The maximum atomic E-state index is 14.1. The molecular formula is C58H36Br4O4. The van der Waals surface area contributed by atoms with Crippen LogP contribution in [0.2, 0.25) is 0 Å². The lowest BCUT2D eigenvalue weighted by atomic mass is 9.84. The zero-order valence-corrected chi connectivity index (χ0v) is 41.4. The molecule has 0 heterocycles. The molecule has 11 rings (SSSR count). The molecule has 0 bridgehead atoms. The molecule has 0 aliphatic heterocycles. The summed E-state index contributed by atoms with van der Waals surface area (Å²) in [5, 5.41) is 6.49. The van der Waals surface area contributed by atoms with E-state index in [0.29, 0.717) is 24.0 Å². The van der Waals surface area contributed by atoms with E-state index in [1.54, 1.807) is 12.1 Å². The average molecular weight is 1120 g/mol. The molecule has 0 unspecified atom stereocenters. The number of fused-ring (bicyclic) bond motifs is 9. The molecule has 0 saturated carbocycles. The Morgan fingerprint density at radius 1 is 0.333 bits per heavy atom. The van der Waals surface area contributed by atoms with Gasteiger partial charge in [-0.15, -0.1) is 0 Å². The van der Waals surface area contributed by atoms with E-state index < -0.39 is 11.6 Å². The fourth-order valence-electron chi connectivity index (χ4n) is 8.65. The lowest BCUT2D eigenvalue weighted by Crippen LogP contribution is -2.27. The number of Topliss-reactive ketones (excluding diaryl/α,β-unsaturated/α-hetero) is 4. The number of rotatable bonds is 6. The zero-order valence-electron chi connectivity index (χ0n) is 35.0. The second-order valence-electron chi connectivity index (χ2n) is 15.8. The predicted molar refractivity (Wildman–Crippen MR) is 280 cm³/mol. The van der Waals surface area contributed by atoms with Gasteiger partial charge in [0.15, 0.2) is 5.78 Å². The van der Waals surface area contributed by atoms with Crippen molar-refractivity contribution in [3.8, 4) is 11.1 Å². The van der Waals surface area contributed by atoms with E-state index in [-0.39, 0.29) is 11.6 Å². The van der Waals surface area contributed by atoms with E-state index in [0.717, 1.165) is 94.4 Å². The lowest BCUT2D eigenvalue weighted by molar-refractivity contribution is -0.117. The third-order valence-electron chi connectivity index (χ3n) is 11.6. The molecule has 0 atom stereocenters. The van der Waals surface area contributed by atoms with Gasteiger partial charge < -0.3 is 0 Å². The zero-order chi connectivity index (χ0) is 45.9. The van der Waals surface area contributed by atoms with Crippen LogP contribution < -0.4 is 10.4 Å². The highest BCUT2D eigenvalue weighted by atomic mass is 79.9. The van der Waals surface area contributed by atoms with Crippen molar-refractivity contribution in [3.63, 3.8) is 0 Å². The summed E-state index contributed by atoms with van der Waals surface area (Å²) in [5.41, 5.74) is 8.14. The van der Waals surface area contributed by atoms with E-state index in [2.05, 4.69) is 100 Å². The summed E-state index contributed by atoms with van der Waals surface area (Å²) in [4.78, 5) is 50.0. The number of benzene rings is 9. The maximum Gasteiger partial charge on any atom is 0.234 e. The summed E-state index contributed by atoms with van der Waals surface area (Å²) in [6.45, 7) is 0. The van der Waals surface area contributed by atoms with Crippen LogP contribution in [0.3, 0.4) is 0 Å². The first kappa shape index (κ1) is 45.0. The molecule has 0 fully saturated rings. The highest BCUT2D eigenvalue weighted by Gasteiger charge is 2.31. The Labute approximate surface area is 415 Å². The van der Waals surface area contributed by atoms with E-state index >= 15 is 0 Å². The normalized spacial score (nSPS) is 12.5. The highest BCUT2D eigenvalue weighted by molar-refractivity contribution is 9.11. The molecule has 0 spiro atoms. The van der Waals surface area contributed by atoms with Crippen LogP contribution in [-0.2, 0) is 22.4 Å². The van der Waals surface area contributed by atoms with Crippen molar-refractivity contribution in [2.75, 3.05) is 0 Å². The van der Waals surface area contributed by atoms with Gasteiger partial charge in [0.2, 0.25) is 11.6 Å². The molecule has 2 aliphatic rings. The molecule has 8 heteroatoms. The predicted octanol–water partition coefficient (Wildman–Crippen LogP) is 13.8. The highest BCUT2D eigenvalue weighted by Crippen LogP contribution is 2.36. The van der Waals surface area contributed by atoms with Gasteiger partial charge in [0, 0.05) is 63.4 Å². The second-order valence-corrected chi connectivity index (χ2v) is 19.5. The summed E-state index contributed by atoms with van der Waals surface area (Å²) in [6.07, 6.45) is 1.05. The van der Waals surface area contributed by atoms with Crippen LogP contribution in [-0.4, -0.2) is 23.1 Å². The van der Waals surface area contributed by atoms with Crippen molar-refractivity contribution in [1.29, 1.82) is 0 Å². The van der Waals surface area contributed by atoms with Crippen molar-refractivity contribution in [3.05, 3.63) is 256 Å².